The van der Waals surface area contributed by atoms with Crippen molar-refractivity contribution in [2.75, 3.05) is 17.4 Å². The van der Waals surface area contributed by atoms with Crippen molar-refractivity contribution in [2.24, 2.45) is 0 Å². The molecule has 0 bridgehead atoms. The van der Waals surface area contributed by atoms with Gasteiger partial charge in [-0.2, -0.15) is 0 Å². The average Bonchev–Trinajstić information content (AvgIpc) is 3.48. The van der Waals surface area contributed by atoms with Crippen LogP contribution in [0.4, 0.5) is 5.69 Å². The molecule has 0 saturated heterocycles. The van der Waals surface area contributed by atoms with E-state index in [1.807, 2.05) is 56.3 Å². The highest BCUT2D eigenvalue weighted by Crippen LogP contribution is 2.27. The number of nitrogens with zero attached hydrogens (tertiary/aromatic N) is 2. The van der Waals surface area contributed by atoms with E-state index in [0.29, 0.717) is 25.1 Å². The fraction of sp³-hybridized carbons (Fsp3) is 0.375. The van der Waals surface area contributed by atoms with E-state index in [-0.39, 0.29) is 16.8 Å². The fourth-order valence-corrected chi connectivity index (χ4v) is 6.84. The third-order valence-corrected chi connectivity index (χ3v) is 9.34. The summed E-state index contributed by atoms with van der Waals surface area (Å²) in [5.41, 5.74) is 2.21. The normalized spacial score (nSPS) is 14.4. The number of hydrogen-bond acceptors (Lipinski definition) is 4. The number of sulfonamides is 1. The number of anilines is 1. The second-order valence-electron chi connectivity index (χ2n) is 10.3. The lowest BCUT2D eigenvalue weighted by molar-refractivity contribution is -0.139. The Morgan fingerprint density at radius 3 is 2.12 bits per heavy atom. The summed E-state index contributed by atoms with van der Waals surface area (Å²) >= 11 is 0. The second-order valence-corrected chi connectivity index (χ2v) is 12.2. The molecule has 1 atom stereocenters. The van der Waals surface area contributed by atoms with Crippen molar-refractivity contribution in [2.45, 2.75) is 69.4 Å². The van der Waals surface area contributed by atoms with Gasteiger partial charge in [-0.1, -0.05) is 86.5 Å². The molecule has 40 heavy (non-hydrogen) atoms. The van der Waals surface area contributed by atoms with E-state index in [9.17, 15) is 18.0 Å². The van der Waals surface area contributed by atoms with Crippen molar-refractivity contribution in [3.8, 4) is 0 Å². The molecule has 0 aromatic heterocycles. The van der Waals surface area contributed by atoms with Gasteiger partial charge in [0.2, 0.25) is 11.8 Å². The zero-order valence-corrected chi connectivity index (χ0v) is 24.1. The zero-order chi connectivity index (χ0) is 28.5. The molecule has 3 aromatic carbocycles. The summed E-state index contributed by atoms with van der Waals surface area (Å²) < 4.78 is 29.0. The third-order valence-electron chi connectivity index (χ3n) is 7.57. The van der Waals surface area contributed by atoms with Gasteiger partial charge >= 0.3 is 0 Å². The van der Waals surface area contributed by atoms with E-state index in [4.69, 9.17) is 0 Å². The standard InChI is InChI=1S/C32H39N3O4S/c1-3-29(32(37)33-27-17-11-12-18-27)34(23-22-26-15-6-4-7-16-26)31(36)24-35(30-21-13-10-14-25(30)2)40(38,39)28-19-8-5-9-20-28/h4-10,13-16,19-21,27,29H,3,11-12,17-18,22-24H2,1-2H3,(H,33,37)/t29-/m0/s1. The molecular weight excluding hydrogens is 522 g/mol. The quantitative estimate of drug-likeness (QED) is 0.333. The van der Waals surface area contributed by atoms with E-state index < -0.39 is 28.5 Å². The van der Waals surface area contributed by atoms with Crippen LogP contribution in [0.1, 0.15) is 50.2 Å². The molecule has 2 amide bonds. The number of rotatable bonds is 12. The Balaban J connectivity index is 1.67. The molecule has 0 spiro atoms. The minimum absolute atomic E-state index is 0.105. The van der Waals surface area contributed by atoms with Crippen LogP contribution in [-0.4, -0.2) is 50.3 Å². The fourth-order valence-electron chi connectivity index (χ4n) is 5.34. The molecule has 212 valence electrons. The number of nitrogens with one attached hydrogen (secondary N) is 1. The first-order valence-electron chi connectivity index (χ1n) is 14.1. The van der Waals surface area contributed by atoms with Gasteiger partial charge in [-0.3, -0.25) is 13.9 Å². The van der Waals surface area contributed by atoms with Gasteiger partial charge in [0.1, 0.15) is 12.6 Å². The Kier molecular flexibility index (Phi) is 9.98. The minimum atomic E-state index is -4.06. The summed E-state index contributed by atoms with van der Waals surface area (Å²) in [4.78, 5) is 29.3. The van der Waals surface area contributed by atoms with E-state index in [0.717, 1.165) is 36.8 Å². The smallest absolute Gasteiger partial charge is 0.264 e. The molecule has 3 aromatic rings. The van der Waals surface area contributed by atoms with Crippen molar-refractivity contribution in [3.05, 3.63) is 96.1 Å². The third kappa shape index (κ3) is 7.10. The van der Waals surface area contributed by atoms with Crippen molar-refractivity contribution in [3.63, 3.8) is 0 Å². The number of carbonyl (C=O) groups excluding carboxylic acids is 2. The van der Waals surface area contributed by atoms with Gasteiger partial charge in [0.15, 0.2) is 0 Å². The topological polar surface area (TPSA) is 86.8 Å². The molecule has 0 aliphatic heterocycles. The van der Waals surface area contributed by atoms with Gasteiger partial charge in [-0.15, -0.1) is 0 Å². The van der Waals surface area contributed by atoms with Crippen molar-refractivity contribution < 1.29 is 18.0 Å². The van der Waals surface area contributed by atoms with E-state index in [2.05, 4.69) is 5.32 Å². The molecule has 0 heterocycles. The largest absolute Gasteiger partial charge is 0.352 e. The lowest BCUT2D eigenvalue weighted by Crippen LogP contribution is -2.54. The first-order chi connectivity index (χ1) is 19.3. The summed E-state index contributed by atoms with van der Waals surface area (Å²) in [6.07, 6.45) is 5.03. The first kappa shape index (κ1) is 29.3. The maximum absolute atomic E-state index is 14.1. The Morgan fingerprint density at radius 2 is 1.50 bits per heavy atom. The van der Waals surface area contributed by atoms with E-state index in [1.165, 1.54) is 16.4 Å². The second kappa shape index (κ2) is 13.6. The lowest BCUT2D eigenvalue weighted by Gasteiger charge is -2.34. The first-order valence-corrected chi connectivity index (χ1v) is 15.5. The lowest BCUT2D eigenvalue weighted by atomic mass is 10.1. The monoisotopic (exact) mass is 561 g/mol. The van der Waals surface area contributed by atoms with Crippen LogP contribution in [0, 0.1) is 6.92 Å². The summed E-state index contributed by atoms with van der Waals surface area (Å²) in [5, 5.41) is 3.15. The number of aryl methyl sites for hydroxylation is 1. The van der Waals surface area contributed by atoms with Gasteiger partial charge in [0, 0.05) is 12.6 Å². The number of hydrogen-bond donors (Lipinski definition) is 1. The Bertz CT molecular complexity index is 1370. The van der Waals surface area contributed by atoms with Crippen LogP contribution in [0.5, 0.6) is 0 Å². The van der Waals surface area contributed by atoms with Crippen LogP contribution in [0.15, 0.2) is 89.8 Å². The Labute approximate surface area is 238 Å². The maximum atomic E-state index is 14.1. The average molecular weight is 562 g/mol. The maximum Gasteiger partial charge on any atom is 0.264 e. The highest BCUT2D eigenvalue weighted by atomic mass is 32.2. The summed E-state index contributed by atoms with van der Waals surface area (Å²) in [7, 11) is -4.06. The molecule has 4 rings (SSSR count). The van der Waals surface area contributed by atoms with Gasteiger partial charge in [0.25, 0.3) is 10.0 Å². The SMILES string of the molecule is CC[C@@H](C(=O)NC1CCCC1)N(CCc1ccccc1)C(=O)CN(c1ccccc1C)S(=O)(=O)c1ccccc1. The Hall–Kier alpha value is -3.65. The molecule has 1 N–H and O–H groups in total. The van der Waals surface area contributed by atoms with E-state index in [1.54, 1.807) is 35.2 Å². The van der Waals surface area contributed by atoms with Crippen molar-refractivity contribution in [1.29, 1.82) is 0 Å². The van der Waals surface area contributed by atoms with Crippen LogP contribution in [0.3, 0.4) is 0 Å². The van der Waals surface area contributed by atoms with Crippen LogP contribution >= 0.6 is 0 Å². The van der Waals surface area contributed by atoms with Crippen LogP contribution in [0.25, 0.3) is 0 Å². The molecule has 1 aliphatic carbocycles. The van der Waals surface area contributed by atoms with Crippen molar-refractivity contribution >= 4 is 27.5 Å². The summed E-state index contributed by atoms with van der Waals surface area (Å²) in [6.45, 7) is 3.60. The summed E-state index contributed by atoms with van der Waals surface area (Å²) in [5.74, 6) is -0.587. The predicted molar refractivity (Wildman–Crippen MR) is 158 cm³/mol. The molecule has 8 heteroatoms. The van der Waals surface area contributed by atoms with Gasteiger partial charge in [-0.05, 0) is 61.9 Å². The number of para-hydroxylation sites is 1. The molecule has 0 unspecified atom stereocenters. The molecule has 1 saturated carbocycles. The molecule has 1 aliphatic rings. The Morgan fingerprint density at radius 1 is 0.900 bits per heavy atom. The molecule has 0 radical (unpaired) electrons. The van der Waals surface area contributed by atoms with Crippen LogP contribution in [-0.2, 0) is 26.0 Å². The van der Waals surface area contributed by atoms with E-state index >= 15 is 0 Å². The molecule has 1 fully saturated rings. The number of carbonyl (C=O) groups is 2. The van der Waals surface area contributed by atoms with Crippen molar-refractivity contribution in [1.82, 2.24) is 10.2 Å². The number of amides is 2. The van der Waals surface area contributed by atoms with Crippen LogP contribution in [0.2, 0.25) is 0 Å². The van der Waals surface area contributed by atoms with Crippen LogP contribution < -0.4 is 9.62 Å². The van der Waals surface area contributed by atoms with Gasteiger partial charge in [0.05, 0.1) is 10.6 Å². The highest BCUT2D eigenvalue weighted by molar-refractivity contribution is 7.92. The van der Waals surface area contributed by atoms with Gasteiger partial charge in [-0.25, -0.2) is 8.42 Å². The molecule has 7 nitrogen and oxygen atoms in total. The zero-order valence-electron chi connectivity index (χ0n) is 23.3. The van der Waals surface area contributed by atoms with Gasteiger partial charge < -0.3 is 10.2 Å². The molecular formula is C32H39N3O4S. The number of benzene rings is 3. The summed E-state index contributed by atoms with van der Waals surface area (Å²) in [6, 6.07) is 24.5. The predicted octanol–water partition coefficient (Wildman–Crippen LogP) is 5.10. The minimum Gasteiger partial charge on any atom is -0.352 e. The highest BCUT2D eigenvalue weighted by Gasteiger charge is 2.34.